The second-order valence-electron chi connectivity index (χ2n) is 7.84. The van der Waals surface area contributed by atoms with Crippen molar-refractivity contribution in [2.75, 3.05) is 32.8 Å². The summed E-state index contributed by atoms with van der Waals surface area (Å²) in [5.41, 5.74) is -0.766. The fraction of sp³-hybridized carbons (Fsp3) is 0.579. The highest BCUT2D eigenvalue weighted by Crippen LogP contribution is 2.31. The molecule has 1 aromatic rings. The summed E-state index contributed by atoms with van der Waals surface area (Å²) in [4.78, 5) is 18.9. The Morgan fingerprint density at radius 1 is 1.26 bits per heavy atom. The SMILES string of the molecule is [C-]#[N+]c1c(F)cc([C@H]2CN3CCN(C(=O)OC(C)(C)C)C[C@H]3CO2)cc1F. The summed E-state index contributed by atoms with van der Waals surface area (Å²) < 4.78 is 39.0. The van der Waals surface area contributed by atoms with Crippen LogP contribution in [0.15, 0.2) is 12.1 Å². The smallest absolute Gasteiger partial charge is 0.410 e. The van der Waals surface area contributed by atoms with E-state index in [0.717, 1.165) is 0 Å². The number of benzene rings is 1. The average Bonchev–Trinajstić information content (AvgIpc) is 2.59. The lowest BCUT2D eigenvalue weighted by Crippen LogP contribution is -2.60. The number of carbonyl (C=O) groups is 1. The number of nitrogens with zero attached hydrogens (tertiary/aromatic N) is 3. The normalized spacial score (nSPS) is 23.5. The largest absolute Gasteiger partial charge is 0.444 e. The highest BCUT2D eigenvalue weighted by Gasteiger charge is 2.37. The van der Waals surface area contributed by atoms with Crippen LogP contribution < -0.4 is 0 Å². The third kappa shape index (κ3) is 4.37. The van der Waals surface area contributed by atoms with Gasteiger partial charge in [0.05, 0.1) is 25.3 Å². The molecular weight excluding hydrogens is 356 g/mol. The van der Waals surface area contributed by atoms with Gasteiger partial charge in [-0.2, -0.15) is 0 Å². The molecule has 2 aliphatic rings. The van der Waals surface area contributed by atoms with Crippen molar-refractivity contribution in [3.8, 4) is 0 Å². The van der Waals surface area contributed by atoms with Crippen molar-refractivity contribution in [1.29, 1.82) is 0 Å². The van der Waals surface area contributed by atoms with Crippen LogP contribution in [0.4, 0.5) is 19.3 Å². The third-order valence-corrected chi connectivity index (χ3v) is 4.67. The molecule has 2 aliphatic heterocycles. The van der Waals surface area contributed by atoms with Gasteiger partial charge in [0.1, 0.15) is 17.2 Å². The van der Waals surface area contributed by atoms with Gasteiger partial charge in [0.25, 0.3) is 5.69 Å². The van der Waals surface area contributed by atoms with Crippen molar-refractivity contribution >= 4 is 11.8 Å². The predicted molar refractivity (Wildman–Crippen MR) is 94.5 cm³/mol. The zero-order valence-electron chi connectivity index (χ0n) is 15.7. The molecule has 0 aromatic heterocycles. The Kier molecular flexibility index (Phi) is 5.36. The number of amides is 1. The molecule has 0 N–H and O–H groups in total. The Bertz CT molecular complexity index is 749. The zero-order valence-corrected chi connectivity index (χ0v) is 15.7. The summed E-state index contributed by atoms with van der Waals surface area (Å²) in [7, 11) is 0. The molecule has 1 amide bonds. The number of halogens is 2. The van der Waals surface area contributed by atoms with Crippen molar-refractivity contribution in [1.82, 2.24) is 9.80 Å². The Labute approximate surface area is 157 Å². The summed E-state index contributed by atoms with van der Waals surface area (Å²) in [5, 5.41) is 0. The minimum atomic E-state index is -0.875. The molecule has 146 valence electrons. The van der Waals surface area contributed by atoms with Crippen LogP contribution in [0.3, 0.4) is 0 Å². The lowest BCUT2D eigenvalue weighted by Gasteiger charge is -2.46. The van der Waals surface area contributed by atoms with E-state index in [1.165, 1.54) is 12.1 Å². The average molecular weight is 379 g/mol. The first-order chi connectivity index (χ1) is 12.7. The van der Waals surface area contributed by atoms with Crippen molar-refractivity contribution in [2.24, 2.45) is 0 Å². The van der Waals surface area contributed by atoms with E-state index in [1.54, 1.807) is 4.90 Å². The maximum Gasteiger partial charge on any atom is 0.410 e. The van der Waals surface area contributed by atoms with Crippen LogP contribution >= 0.6 is 0 Å². The number of morpholine rings is 1. The van der Waals surface area contributed by atoms with E-state index in [2.05, 4.69) is 9.74 Å². The first kappa shape index (κ1) is 19.5. The van der Waals surface area contributed by atoms with Gasteiger partial charge in [0.15, 0.2) is 0 Å². The van der Waals surface area contributed by atoms with Crippen LogP contribution in [-0.2, 0) is 9.47 Å². The van der Waals surface area contributed by atoms with E-state index in [0.29, 0.717) is 38.3 Å². The standard InChI is InChI=1S/C19H23F2N3O3/c1-19(2,3)27-18(25)24-6-5-23-10-16(26-11-13(23)9-24)12-7-14(20)17(22-4)15(21)8-12/h7-8,13,16H,5-6,9-11H2,1-3H3/t13-,16+/m0/s1. The highest BCUT2D eigenvalue weighted by atomic mass is 19.1. The van der Waals surface area contributed by atoms with Crippen LogP contribution in [0.5, 0.6) is 0 Å². The summed E-state index contributed by atoms with van der Waals surface area (Å²) in [6.45, 7) is 14.8. The quantitative estimate of drug-likeness (QED) is 0.701. The zero-order chi connectivity index (χ0) is 19.8. The fourth-order valence-electron chi connectivity index (χ4n) is 3.36. The molecule has 1 aromatic carbocycles. The molecule has 0 unspecified atom stereocenters. The number of rotatable bonds is 1. The molecule has 2 fully saturated rings. The van der Waals surface area contributed by atoms with Gasteiger partial charge in [-0.15, -0.1) is 0 Å². The van der Waals surface area contributed by atoms with Crippen LogP contribution in [0.1, 0.15) is 32.4 Å². The van der Waals surface area contributed by atoms with Gasteiger partial charge < -0.3 is 14.4 Å². The van der Waals surface area contributed by atoms with E-state index < -0.39 is 29.0 Å². The molecule has 0 saturated carbocycles. The number of ether oxygens (including phenoxy) is 2. The summed E-state index contributed by atoms with van der Waals surface area (Å²) in [6.07, 6.45) is -0.818. The maximum atomic E-state index is 13.9. The molecule has 2 saturated heterocycles. The number of hydrogen-bond acceptors (Lipinski definition) is 4. The van der Waals surface area contributed by atoms with Crippen molar-refractivity contribution in [2.45, 2.75) is 38.5 Å². The van der Waals surface area contributed by atoms with Gasteiger partial charge in [-0.05, 0) is 38.5 Å². The van der Waals surface area contributed by atoms with Gasteiger partial charge >= 0.3 is 6.09 Å². The van der Waals surface area contributed by atoms with Crippen LogP contribution in [0.2, 0.25) is 0 Å². The Balaban J connectivity index is 1.65. The summed E-state index contributed by atoms with van der Waals surface area (Å²) in [5.74, 6) is -1.75. The highest BCUT2D eigenvalue weighted by molar-refractivity contribution is 5.68. The Morgan fingerprint density at radius 2 is 1.93 bits per heavy atom. The predicted octanol–water partition coefficient (Wildman–Crippen LogP) is 3.51. The summed E-state index contributed by atoms with van der Waals surface area (Å²) >= 11 is 0. The van der Waals surface area contributed by atoms with E-state index in [9.17, 15) is 13.6 Å². The van der Waals surface area contributed by atoms with E-state index >= 15 is 0 Å². The van der Waals surface area contributed by atoms with E-state index in [1.807, 2.05) is 20.8 Å². The second-order valence-corrected chi connectivity index (χ2v) is 7.84. The molecular formula is C19H23F2N3O3. The van der Waals surface area contributed by atoms with Crippen LogP contribution in [-0.4, -0.2) is 60.3 Å². The number of piperazine rings is 1. The number of carbonyl (C=O) groups excluding carboxylic acids is 1. The minimum Gasteiger partial charge on any atom is -0.444 e. The van der Waals surface area contributed by atoms with Gasteiger partial charge in [0.2, 0.25) is 0 Å². The first-order valence-electron chi connectivity index (χ1n) is 8.88. The second kappa shape index (κ2) is 7.41. The van der Waals surface area contributed by atoms with Gasteiger partial charge in [0, 0.05) is 26.2 Å². The monoisotopic (exact) mass is 379 g/mol. The van der Waals surface area contributed by atoms with E-state index in [4.69, 9.17) is 16.0 Å². The molecule has 3 rings (SSSR count). The lowest BCUT2D eigenvalue weighted by molar-refractivity contribution is -0.0907. The molecule has 8 heteroatoms. The molecule has 0 spiro atoms. The number of fused-ring (bicyclic) bond motifs is 1. The fourth-order valence-corrected chi connectivity index (χ4v) is 3.36. The molecule has 27 heavy (non-hydrogen) atoms. The van der Waals surface area contributed by atoms with Crippen molar-refractivity contribution < 1.29 is 23.0 Å². The van der Waals surface area contributed by atoms with E-state index in [-0.39, 0.29) is 12.1 Å². The molecule has 2 heterocycles. The van der Waals surface area contributed by atoms with Gasteiger partial charge in [-0.1, -0.05) is 0 Å². The topological polar surface area (TPSA) is 46.4 Å². The maximum absolute atomic E-state index is 13.9. The van der Waals surface area contributed by atoms with Gasteiger partial charge in [-0.25, -0.2) is 18.4 Å². The molecule has 0 bridgehead atoms. The first-order valence-corrected chi connectivity index (χ1v) is 8.88. The molecule has 0 radical (unpaired) electrons. The number of hydrogen-bond donors (Lipinski definition) is 0. The summed E-state index contributed by atoms with van der Waals surface area (Å²) in [6, 6.07) is 2.34. The Morgan fingerprint density at radius 3 is 2.52 bits per heavy atom. The third-order valence-electron chi connectivity index (χ3n) is 4.67. The molecule has 2 atom stereocenters. The van der Waals surface area contributed by atoms with Crippen molar-refractivity contribution in [3.05, 3.63) is 40.7 Å². The lowest BCUT2D eigenvalue weighted by atomic mass is 10.0. The molecule has 0 aliphatic carbocycles. The molecule has 6 nitrogen and oxygen atoms in total. The van der Waals surface area contributed by atoms with Crippen molar-refractivity contribution in [3.63, 3.8) is 0 Å². The van der Waals surface area contributed by atoms with Gasteiger partial charge in [-0.3, -0.25) is 4.90 Å². The minimum absolute atomic E-state index is 0.0136. The van der Waals surface area contributed by atoms with Crippen LogP contribution in [0.25, 0.3) is 4.85 Å². The van der Waals surface area contributed by atoms with Crippen LogP contribution in [0, 0.1) is 18.2 Å². The Hall–Kier alpha value is -2.24.